The number of fused-ring (bicyclic) bond motifs is 2. The number of aromatic hydroxyl groups is 1. The number of thiazole rings is 1. The Balaban J connectivity index is 1.70. The van der Waals surface area contributed by atoms with Gasteiger partial charge in [0.15, 0.2) is 0 Å². The molecule has 0 saturated heterocycles. The van der Waals surface area contributed by atoms with E-state index >= 15 is 0 Å². The van der Waals surface area contributed by atoms with Gasteiger partial charge < -0.3 is 10.4 Å². The largest absolute Gasteiger partial charge is 0.508 e. The zero-order valence-corrected chi connectivity index (χ0v) is 16.5. The molecule has 6 nitrogen and oxygen atoms in total. The summed E-state index contributed by atoms with van der Waals surface area (Å²) in [6, 6.07) is 15.1. The average Bonchev–Trinajstić information content (AvgIpc) is 3.18. The first-order valence-corrected chi connectivity index (χ1v) is 10.6. The van der Waals surface area contributed by atoms with E-state index in [9.17, 15) is 9.90 Å². The zero-order chi connectivity index (χ0) is 19.3. The van der Waals surface area contributed by atoms with Gasteiger partial charge >= 0.3 is 0 Å². The second-order valence-electron chi connectivity index (χ2n) is 6.56. The quantitative estimate of drug-likeness (QED) is 0.518. The standard InChI is InChI=1S/C20H16N4O2S2/c1-11-17-18(12-5-4-6-13(25)9-12)27-10-16(26)22-19(17)24(23-11)20-21-14-7-2-3-8-15(14)28-20/h2-9,18,25H,10H2,1H3,(H,22,26)/t18-/m1/s1. The second-order valence-corrected chi connectivity index (χ2v) is 8.66. The summed E-state index contributed by atoms with van der Waals surface area (Å²) in [5.74, 6) is 1.12. The molecule has 0 saturated carbocycles. The molecule has 2 aromatic heterocycles. The molecule has 3 heterocycles. The third kappa shape index (κ3) is 2.85. The highest BCUT2D eigenvalue weighted by molar-refractivity contribution is 8.00. The van der Waals surface area contributed by atoms with Gasteiger partial charge in [-0.15, -0.1) is 11.8 Å². The molecular weight excluding hydrogens is 392 g/mol. The van der Waals surface area contributed by atoms with Crippen molar-refractivity contribution in [1.82, 2.24) is 14.8 Å². The minimum Gasteiger partial charge on any atom is -0.508 e. The van der Waals surface area contributed by atoms with Gasteiger partial charge in [-0.3, -0.25) is 4.79 Å². The lowest BCUT2D eigenvalue weighted by Gasteiger charge is -2.15. The number of phenols is 1. The molecule has 0 bridgehead atoms. The second kappa shape index (κ2) is 6.65. The van der Waals surface area contributed by atoms with Crippen LogP contribution >= 0.6 is 23.1 Å². The highest BCUT2D eigenvalue weighted by atomic mass is 32.2. The third-order valence-electron chi connectivity index (χ3n) is 4.64. The average molecular weight is 409 g/mol. The Labute approximate surface area is 169 Å². The predicted molar refractivity (Wildman–Crippen MR) is 113 cm³/mol. The first-order chi connectivity index (χ1) is 13.6. The Bertz CT molecular complexity index is 1180. The van der Waals surface area contributed by atoms with Crippen LogP contribution in [-0.2, 0) is 4.79 Å². The summed E-state index contributed by atoms with van der Waals surface area (Å²) in [4.78, 5) is 17.1. The van der Waals surface area contributed by atoms with Crippen molar-refractivity contribution in [2.24, 2.45) is 0 Å². The number of amides is 1. The lowest BCUT2D eigenvalue weighted by Crippen LogP contribution is -2.15. The van der Waals surface area contributed by atoms with Gasteiger partial charge in [-0.25, -0.2) is 4.98 Å². The van der Waals surface area contributed by atoms with Crippen LogP contribution in [0, 0.1) is 6.92 Å². The van der Waals surface area contributed by atoms with Gasteiger partial charge in [-0.2, -0.15) is 9.78 Å². The summed E-state index contributed by atoms with van der Waals surface area (Å²) in [5, 5.41) is 18.3. The summed E-state index contributed by atoms with van der Waals surface area (Å²) in [6.07, 6.45) is 0. The lowest BCUT2D eigenvalue weighted by molar-refractivity contribution is -0.113. The van der Waals surface area contributed by atoms with Crippen LogP contribution in [0.3, 0.4) is 0 Å². The number of aryl methyl sites for hydroxylation is 1. The number of anilines is 1. The van der Waals surface area contributed by atoms with Crippen LogP contribution in [0.1, 0.15) is 22.1 Å². The Morgan fingerprint density at radius 1 is 1.21 bits per heavy atom. The van der Waals surface area contributed by atoms with Crippen molar-refractivity contribution < 1.29 is 9.90 Å². The van der Waals surface area contributed by atoms with Crippen molar-refractivity contribution in [2.75, 3.05) is 11.1 Å². The molecule has 0 spiro atoms. The van der Waals surface area contributed by atoms with E-state index in [0.717, 1.165) is 27.0 Å². The summed E-state index contributed by atoms with van der Waals surface area (Å²) >= 11 is 3.07. The number of phenolic OH excluding ortho intramolecular Hbond substituents is 1. The zero-order valence-electron chi connectivity index (χ0n) is 14.9. The van der Waals surface area contributed by atoms with Crippen LogP contribution in [0.5, 0.6) is 5.75 Å². The number of nitrogens with zero attached hydrogens (tertiary/aromatic N) is 3. The molecule has 4 aromatic rings. The molecule has 1 aliphatic heterocycles. The van der Waals surface area contributed by atoms with Crippen LogP contribution in [0.15, 0.2) is 48.5 Å². The van der Waals surface area contributed by atoms with E-state index in [1.165, 1.54) is 23.1 Å². The van der Waals surface area contributed by atoms with E-state index in [0.29, 0.717) is 16.7 Å². The van der Waals surface area contributed by atoms with Gasteiger partial charge in [-0.1, -0.05) is 35.6 Å². The number of carbonyl (C=O) groups excluding carboxylic acids is 1. The van der Waals surface area contributed by atoms with Crippen molar-refractivity contribution >= 4 is 45.0 Å². The van der Waals surface area contributed by atoms with Crippen LogP contribution in [0.2, 0.25) is 0 Å². The number of aromatic nitrogens is 3. The highest BCUT2D eigenvalue weighted by Gasteiger charge is 2.31. The Morgan fingerprint density at radius 2 is 2.07 bits per heavy atom. The molecule has 2 N–H and O–H groups in total. The fourth-order valence-corrected chi connectivity index (χ4v) is 5.53. The van der Waals surface area contributed by atoms with Gasteiger partial charge in [0, 0.05) is 5.56 Å². The molecule has 140 valence electrons. The van der Waals surface area contributed by atoms with E-state index < -0.39 is 0 Å². The van der Waals surface area contributed by atoms with E-state index in [1.807, 2.05) is 43.3 Å². The summed E-state index contributed by atoms with van der Waals surface area (Å²) in [5.41, 5.74) is 3.62. The molecule has 1 amide bonds. The molecule has 28 heavy (non-hydrogen) atoms. The number of para-hydroxylation sites is 1. The van der Waals surface area contributed by atoms with E-state index in [4.69, 9.17) is 10.1 Å². The molecule has 0 radical (unpaired) electrons. The van der Waals surface area contributed by atoms with E-state index in [-0.39, 0.29) is 16.9 Å². The first-order valence-electron chi connectivity index (χ1n) is 8.76. The number of hydrogen-bond acceptors (Lipinski definition) is 6. The highest BCUT2D eigenvalue weighted by Crippen LogP contribution is 2.44. The fraction of sp³-hybridized carbons (Fsp3) is 0.150. The van der Waals surface area contributed by atoms with Crippen LogP contribution < -0.4 is 5.32 Å². The molecule has 1 atom stereocenters. The first kappa shape index (κ1) is 17.3. The van der Waals surface area contributed by atoms with Crippen molar-refractivity contribution in [3.63, 3.8) is 0 Å². The summed E-state index contributed by atoms with van der Waals surface area (Å²) in [6.45, 7) is 1.94. The molecular formula is C20H16N4O2S2. The summed E-state index contributed by atoms with van der Waals surface area (Å²) < 4.78 is 2.80. The number of thioether (sulfide) groups is 1. The normalized spacial score (nSPS) is 16.6. The van der Waals surface area contributed by atoms with Gasteiger partial charge in [-0.05, 0) is 36.8 Å². The smallest absolute Gasteiger partial charge is 0.235 e. The number of nitrogens with one attached hydrogen (secondary N) is 1. The van der Waals surface area contributed by atoms with Gasteiger partial charge in [0.1, 0.15) is 11.6 Å². The molecule has 5 rings (SSSR count). The Hall–Kier alpha value is -2.84. The minimum absolute atomic E-state index is 0.0730. The number of benzene rings is 2. The fourth-order valence-electron chi connectivity index (χ4n) is 3.42. The Kier molecular flexibility index (Phi) is 4.10. The van der Waals surface area contributed by atoms with Crippen molar-refractivity contribution in [2.45, 2.75) is 12.2 Å². The van der Waals surface area contributed by atoms with Crippen LogP contribution in [0.4, 0.5) is 5.82 Å². The van der Waals surface area contributed by atoms with E-state index in [1.54, 1.807) is 16.8 Å². The maximum atomic E-state index is 12.4. The third-order valence-corrected chi connectivity index (χ3v) is 6.93. The molecule has 0 unspecified atom stereocenters. The van der Waals surface area contributed by atoms with Gasteiger partial charge in [0.25, 0.3) is 0 Å². The SMILES string of the molecule is Cc1nn(-c2nc3ccccc3s2)c2c1[C@@H](c1cccc(O)c1)SCC(=O)N2. The van der Waals surface area contributed by atoms with Crippen molar-refractivity contribution in [1.29, 1.82) is 0 Å². The van der Waals surface area contributed by atoms with Crippen LogP contribution in [-0.4, -0.2) is 31.5 Å². The number of rotatable bonds is 2. The van der Waals surface area contributed by atoms with Gasteiger partial charge in [0.2, 0.25) is 11.0 Å². The van der Waals surface area contributed by atoms with Crippen LogP contribution in [0.25, 0.3) is 15.3 Å². The van der Waals surface area contributed by atoms with Crippen molar-refractivity contribution in [3.8, 4) is 10.9 Å². The van der Waals surface area contributed by atoms with Gasteiger partial charge in [0.05, 0.1) is 26.9 Å². The predicted octanol–water partition coefficient (Wildman–Crippen LogP) is 4.27. The summed E-state index contributed by atoms with van der Waals surface area (Å²) in [7, 11) is 0. The topological polar surface area (TPSA) is 80.0 Å². The molecule has 8 heteroatoms. The number of hydrogen-bond donors (Lipinski definition) is 2. The van der Waals surface area contributed by atoms with E-state index in [2.05, 4.69) is 5.32 Å². The molecule has 2 aromatic carbocycles. The molecule has 1 aliphatic rings. The van der Waals surface area contributed by atoms with Crippen molar-refractivity contribution in [3.05, 3.63) is 65.4 Å². The molecule has 0 aliphatic carbocycles. The lowest BCUT2D eigenvalue weighted by atomic mass is 10.0. The monoisotopic (exact) mass is 408 g/mol. The minimum atomic E-state index is -0.107. The number of carbonyl (C=O) groups is 1. The Morgan fingerprint density at radius 3 is 2.89 bits per heavy atom. The maximum Gasteiger partial charge on any atom is 0.235 e. The maximum absolute atomic E-state index is 12.4. The molecule has 0 fully saturated rings.